The van der Waals surface area contributed by atoms with Gasteiger partial charge in [-0.15, -0.1) is 23.2 Å². The highest BCUT2D eigenvalue weighted by molar-refractivity contribution is 9.10. The Labute approximate surface area is 183 Å². The highest BCUT2D eigenvalue weighted by Gasteiger charge is 2.64. The minimum Gasteiger partial charge on any atom is -0.462 e. The summed E-state index contributed by atoms with van der Waals surface area (Å²) in [5.41, 5.74) is 0.874. The molecule has 142 valence electrons. The van der Waals surface area contributed by atoms with Gasteiger partial charge in [-0.3, -0.25) is 0 Å². The second-order valence-corrected chi connectivity index (χ2v) is 9.37. The third-order valence-corrected chi connectivity index (χ3v) is 6.49. The molecule has 4 nitrogen and oxygen atoms in total. The van der Waals surface area contributed by atoms with Crippen LogP contribution in [0.2, 0.25) is 0 Å². The van der Waals surface area contributed by atoms with Crippen molar-refractivity contribution in [2.24, 2.45) is 11.8 Å². The van der Waals surface area contributed by atoms with Gasteiger partial charge >= 0.3 is 11.9 Å². The fourth-order valence-corrected chi connectivity index (χ4v) is 3.85. The van der Waals surface area contributed by atoms with E-state index in [0.717, 1.165) is 8.95 Å². The average Bonchev–Trinajstić information content (AvgIpc) is 3.18. The van der Waals surface area contributed by atoms with E-state index in [1.165, 1.54) is 0 Å². The van der Waals surface area contributed by atoms with E-state index in [4.69, 9.17) is 32.7 Å². The van der Waals surface area contributed by atoms with Crippen molar-refractivity contribution < 1.29 is 19.1 Å². The fraction of sp³-hybridized carbons (Fsp3) is 0.263. The molecule has 2 aromatic rings. The van der Waals surface area contributed by atoms with E-state index in [-0.39, 0.29) is 25.0 Å². The van der Waals surface area contributed by atoms with Crippen LogP contribution in [0.3, 0.4) is 0 Å². The smallest absolute Gasteiger partial charge is 0.338 e. The molecule has 0 amide bonds. The van der Waals surface area contributed by atoms with Crippen molar-refractivity contribution in [3.63, 3.8) is 0 Å². The number of ether oxygens (including phenoxy) is 2. The van der Waals surface area contributed by atoms with E-state index < -0.39 is 16.3 Å². The Kier molecular flexibility index (Phi) is 6.51. The molecule has 2 atom stereocenters. The SMILES string of the molecule is O=C(OC[C@@H]1[C@@H](COC(=O)c2ccc(Br)cc2)C1(Cl)Cl)c1ccc(Br)cc1. The Morgan fingerprint density at radius 1 is 0.778 bits per heavy atom. The van der Waals surface area contributed by atoms with Crippen LogP contribution >= 0.6 is 55.1 Å². The number of esters is 2. The number of alkyl halides is 2. The molecule has 1 fully saturated rings. The number of benzene rings is 2. The molecule has 0 saturated heterocycles. The van der Waals surface area contributed by atoms with Crippen LogP contribution < -0.4 is 0 Å². The maximum atomic E-state index is 12.1. The van der Waals surface area contributed by atoms with E-state index in [2.05, 4.69) is 31.9 Å². The molecule has 1 aliphatic carbocycles. The van der Waals surface area contributed by atoms with Crippen LogP contribution in [-0.2, 0) is 9.47 Å². The molecule has 1 aliphatic rings. The largest absolute Gasteiger partial charge is 0.462 e. The summed E-state index contributed by atoms with van der Waals surface area (Å²) >= 11 is 19.1. The molecule has 0 unspecified atom stereocenters. The molecule has 0 bridgehead atoms. The van der Waals surface area contributed by atoms with Crippen LogP contribution in [0.15, 0.2) is 57.5 Å². The van der Waals surface area contributed by atoms with Crippen molar-refractivity contribution in [3.8, 4) is 0 Å². The van der Waals surface area contributed by atoms with Crippen LogP contribution in [0.25, 0.3) is 0 Å². The normalized spacial score (nSPS) is 20.0. The van der Waals surface area contributed by atoms with Gasteiger partial charge in [0.15, 0.2) is 0 Å². The summed E-state index contributed by atoms with van der Waals surface area (Å²) in [6.45, 7) is 0.116. The molecule has 1 saturated carbocycles. The first kappa shape index (κ1) is 20.6. The molecule has 0 spiro atoms. The van der Waals surface area contributed by atoms with Crippen molar-refractivity contribution in [3.05, 3.63) is 68.6 Å². The Morgan fingerprint density at radius 3 is 1.44 bits per heavy atom. The van der Waals surface area contributed by atoms with Gasteiger partial charge in [0.1, 0.15) is 4.33 Å². The molecule has 0 radical (unpaired) electrons. The number of rotatable bonds is 6. The molecule has 3 rings (SSSR count). The zero-order valence-corrected chi connectivity index (χ0v) is 18.5. The minimum atomic E-state index is -1.08. The summed E-state index contributed by atoms with van der Waals surface area (Å²) in [6, 6.07) is 13.7. The molecular weight excluding hydrogens is 523 g/mol. The second-order valence-electron chi connectivity index (χ2n) is 6.10. The van der Waals surface area contributed by atoms with Crippen LogP contribution in [-0.4, -0.2) is 29.5 Å². The van der Waals surface area contributed by atoms with Gasteiger partial charge in [0.2, 0.25) is 0 Å². The fourth-order valence-electron chi connectivity index (χ4n) is 2.58. The van der Waals surface area contributed by atoms with Crippen LogP contribution in [0, 0.1) is 11.8 Å². The first-order valence-corrected chi connectivity index (χ1v) is 10.4. The lowest BCUT2D eigenvalue weighted by molar-refractivity contribution is 0.0419. The Morgan fingerprint density at radius 2 is 1.11 bits per heavy atom. The molecule has 0 N–H and O–H groups in total. The molecule has 8 heteroatoms. The standard InChI is InChI=1S/C19H14Br2Cl2O4/c20-13-5-1-11(2-6-13)17(24)26-9-15-16(19(15,22)23)10-27-18(25)12-3-7-14(21)8-4-12/h1-8,15-16H,9-10H2/t15-,16-/m1/s1. The van der Waals surface area contributed by atoms with Gasteiger partial charge in [-0.25, -0.2) is 9.59 Å². The van der Waals surface area contributed by atoms with Gasteiger partial charge in [0, 0.05) is 20.8 Å². The van der Waals surface area contributed by atoms with Gasteiger partial charge in [-0.2, -0.15) is 0 Å². The van der Waals surface area contributed by atoms with E-state index in [1.807, 2.05) is 0 Å². The van der Waals surface area contributed by atoms with Crippen molar-refractivity contribution in [2.45, 2.75) is 4.33 Å². The van der Waals surface area contributed by atoms with Gasteiger partial charge in [0.05, 0.1) is 24.3 Å². The predicted octanol–water partition coefficient (Wildman–Crippen LogP) is 5.65. The summed E-state index contributed by atoms with van der Waals surface area (Å²) in [7, 11) is 0. The summed E-state index contributed by atoms with van der Waals surface area (Å²) < 4.78 is 11.2. The van der Waals surface area contributed by atoms with Gasteiger partial charge in [0.25, 0.3) is 0 Å². The third kappa shape index (κ3) is 5.05. The monoisotopic (exact) mass is 534 g/mol. The Hall–Kier alpha value is -1.08. The number of hydrogen-bond acceptors (Lipinski definition) is 4. The van der Waals surface area contributed by atoms with Crippen molar-refractivity contribution in [2.75, 3.05) is 13.2 Å². The number of carbonyl (C=O) groups excluding carboxylic acids is 2. The van der Waals surface area contributed by atoms with Crippen LogP contribution in [0.5, 0.6) is 0 Å². The number of halogens is 4. The maximum Gasteiger partial charge on any atom is 0.338 e. The summed E-state index contributed by atoms with van der Waals surface area (Å²) in [6.07, 6.45) is 0. The summed E-state index contributed by atoms with van der Waals surface area (Å²) in [5, 5.41) is 0. The Bertz CT molecular complexity index is 768. The quantitative estimate of drug-likeness (QED) is 0.354. The molecule has 0 aliphatic heterocycles. The van der Waals surface area contributed by atoms with E-state index >= 15 is 0 Å². The highest BCUT2D eigenvalue weighted by Crippen LogP contribution is 2.59. The number of carbonyl (C=O) groups is 2. The zero-order valence-electron chi connectivity index (χ0n) is 13.8. The first-order valence-electron chi connectivity index (χ1n) is 8.02. The second kappa shape index (κ2) is 8.52. The topological polar surface area (TPSA) is 52.6 Å². The maximum absolute atomic E-state index is 12.1. The van der Waals surface area contributed by atoms with Crippen LogP contribution in [0.1, 0.15) is 20.7 Å². The highest BCUT2D eigenvalue weighted by atomic mass is 79.9. The minimum absolute atomic E-state index is 0.0579. The molecule has 0 aromatic heterocycles. The lowest BCUT2D eigenvalue weighted by atomic mass is 10.2. The molecular formula is C19H14Br2Cl2O4. The van der Waals surface area contributed by atoms with Gasteiger partial charge < -0.3 is 9.47 Å². The molecule has 2 aromatic carbocycles. The van der Waals surface area contributed by atoms with Crippen LogP contribution in [0.4, 0.5) is 0 Å². The number of hydrogen-bond donors (Lipinski definition) is 0. The summed E-state index contributed by atoms with van der Waals surface area (Å²) in [5.74, 6) is -1.50. The summed E-state index contributed by atoms with van der Waals surface area (Å²) in [4.78, 5) is 24.1. The first-order chi connectivity index (χ1) is 12.8. The molecule has 27 heavy (non-hydrogen) atoms. The van der Waals surface area contributed by atoms with Crippen molar-refractivity contribution >= 4 is 67.0 Å². The van der Waals surface area contributed by atoms with Gasteiger partial charge in [-0.05, 0) is 48.5 Å². The van der Waals surface area contributed by atoms with E-state index in [0.29, 0.717) is 11.1 Å². The third-order valence-electron chi connectivity index (χ3n) is 4.31. The lowest BCUT2D eigenvalue weighted by Gasteiger charge is -2.05. The van der Waals surface area contributed by atoms with Crippen molar-refractivity contribution in [1.29, 1.82) is 0 Å². The Balaban J connectivity index is 1.49. The predicted molar refractivity (Wildman–Crippen MR) is 110 cm³/mol. The van der Waals surface area contributed by atoms with Gasteiger partial charge in [-0.1, -0.05) is 31.9 Å². The lowest BCUT2D eigenvalue weighted by Crippen LogP contribution is -2.11. The van der Waals surface area contributed by atoms with E-state index in [1.54, 1.807) is 48.5 Å². The van der Waals surface area contributed by atoms with E-state index in [9.17, 15) is 9.59 Å². The average molecular weight is 537 g/mol. The van der Waals surface area contributed by atoms with Crippen molar-refractivity contribution in [1.82, 2.24) is 0 Å². The zero-order chi connectivity index (χ0) is 19.6. The molecule has 0 heterocycles.